The third kappa shape index (κ3) is 3.85. The van der Waals surface area contributed by atoms with E-state index in [1.165, 1.54) is 0 Å². The van der Waals surface area contributed by atoms with Crippen molar-refractivity contribution in [1.82, 2.24) is 5.32 Å². The second-order valence-corrected chi connectivity index (χ2v) is 6.38. The van der Waals surface area contributed by atoms with Crippen LogP contribution in [0, 0.1) is 0 Å². The average molecular weight is 345 g/mol. The molecule has 1 saturated carbocycles. The molecular weight excluding hydrogens is 322 g/mol. The summed E-state index contributed by atoms with van der Waals surface area (Å²) in [4.78, 5) is 24.7. The fourth-order valence-corrected chi connectivity index (χ4v) is 3.21. The van der Waals surface area contributed by atoms with E-state index in [2.05, 4.69) is 5.32 Å². The minimum atomic E-state index is -0.878. The molecule has 0 unspecified atom stereocenters. The monoisotopic (exact) mass is 345 g/mol. The van der Waals surface area contributed by atoms with Crippen LogP contribution in [0.4, 0.5) is 0 Å². The Kier molecular flexibility index (Phi) is 5.38. The molecule has 0 spiro atoms. The molecule has 1 amide bonds. The summed E-state index contributed by atoms with van der Waals surface area (Å²) < 4.78 is 16.1. The third-order valence-corrected chi connectivity index (χ3v) is 4.53. The van der Waals surface area contributed by atoms with E-state index in [1.54, 1.807) is 20.1 Å². The molecule has 1 aromatic carbocycles. The maximum Gasteiger partial charge on any atom is 0.375 e. The highest BCUT2D eigenvalue weighted by Gasteiger charge is 2.27. The van der Waals surface area contributed by atoms with Gasteiger partial charge < -0.3 is 19.2 Å². The standard InChI is InChI=1S/C19H23NO5/c1-12(18(21)20-13-7-3-4-8-13)24-19(22)17-15(11-23-2)14-9-5-6-10-16(14)25-17/h5-6,9-10,12-13H,3-4,7-8,11H2,1-2H3,(H,20,21)/t12-/m0/s1. The first-order chi connectivity index (χ1) is 12.1. The zero-order chi connectivity index (χ0) is 17.8. The number of carbonyl (C=O) groups excluding carboxylic acids is 2. The van der Waals surface area contributed by atoms with Gasteiger partial charge in [0.25, 0.3) is 5.91 Å². The van der Waals surface area contributed by atoms with Crippen molar-refractivity contribution in [1.29, 1.82) is 0 Å². The summed E-state index contributed by atoms with van der Waals surface area (Å²) in [5, 5.41) is 3.74. The summed E-state index contributed by atoms with van der Waals surface area (Å²) in [5.74, 6) is -0.842. The number of para-hydroxylation sites is 1. The number of esters is 1. The van der Waals surface area contributed by atoms with E-state index in [1.807, 2.05) is 18.2 Å². The Bertz CT molecular complexity index is 760. The van der Waals surface area contributed by atoms with E-state index < -0.39 is 12.1 Å². The second kappa shape index (κ2) is 7.70. The highest BCUT2D eigenvalue weighted by Crippen LogP contribution is 2.27. The minimum Gasteiger partial charge on any atom is -0.449 e. The maximum atomic E-state index is 12.5. The number of ether oxygens (including phenoxy) is 2. The lowest BCUT2D eigenvalue weighted by molar-refractivity contribution is -0.129. The number of nitrogens with one attached hydrogen (secondary N) is 1. The summed E-state index contributed by atoms with van der Waals surface area (Å²) in [6.45, 7) is 1.80. The van der Waals surface area contributed by atoms with Crippen LogP contribution in [0.2, 0.25) is 0 Å². The lowest BCUT2D eigenvalue weighted by atomic mass is 10.1. The minimum absolute atomic E-state index is 0.0866. The van der Waals surface area contributed by atoms with Crippen molar-refractivity contribution in [2.75, 3.05) is 7.11 Å². The van der Waals surface area contributed by atoms with E-state index in [4.69, 9.17) is 13.9 Å². The Hall–Kier alpha value is -2.34. The van der Waals surface area contributed by atoms with Gasteiger partial charge in [-0.1, -0.05) is 31.0 Å². The highest BCUT2D eigenvalue weighted by atomic mass is 16.6. The van der Waals surface area contributed by atoms with Crippen molar-refractivity contribution in [2.45, 2.75) is 51.4 Å². The Labute approximate surface area is 146 Å². The van der Waals surface area contributed by atoms with Gasteiger partial charge in [0.15, 0.2) is 6.10 Å². The van der Waals surface area contributed by atoms with E-state index in [0.717, 1.165) is 31.1 Å². The molecule has 1 aliphatic rings. The van der Waals surface area contributed by atoms with Crippen LogP contribution in [0.3, 0.4) is 0 Å². The second-order valence-electron chi connectivity index (χ2n) is 6.38. The first kappa shape index (κ1) is 17.5. The summed E-state index contributed by atoms with van der Waals surface area (Å²) >= 11 is 0. The molecule has 25 heavy (non-hydrogen) atoms. The van der Waals surface area contributed by atoms with Gasteiger partial charge in [0.1, 0.15) is 5.58 Å². The Balaban J connectivity index is 1.72. The summed E-state index contributed by atoms with van der Waals surface area (Å²) in [7, 11) is 1.55. The topological polar surface area (TPSA) is 77.8 Å². The van der Waals surface area contributed by atoms with Crippen molar-refractivity contribution in [3.05, 3.63) is 35.6 Å². The Morgan fingerprint density at radius 2 is 2.00 bits per heavy atom. The number of benzene rings is 1. The molecule has 1 atom stereocenters. The van der Waals surface area contributed by atoms with Crippen molar-refractivity contribution >= 4 is 22.8 Å². The third-order valence-electron chi connectivity index (χ3n) is 4.53. The Morgan fingerprint density at radius 3 is 2.72 bits per heavy atom. The Morgan fingerprint density at radius 1 is 1.28 bits per heavy atom. The van der Waals surface area contributed by atoms with Crippen molar-refractivity contribution < 1.29 is 23.5 Å². The smallest absolute Gasteiger partial charge is 0.375 e. The predicted molar refractivity (Wildman–Crippen MR) is 92.2 cm³/mol. The number of fused-ring (bicyclic) bond motifs is 1. The number of hydrogen-bond donors (Lipinski definition) is 1. The molecule has 2 aromatic rings. The molecule has 3 rings (SSSR count). The molecule has 1 aromatic heterocycles. The lowest BCUT2D eigenvalue weighted by Gasteiger charge is -2.16. The molecule has 0 saturated heterocycles. The van der Waals surface area contributed by atoms with E-state index in [-0.39, 0.29) is 24.3 Å². The van der Waals surface area contributed by atoms with Crippen LogP contribution in [0.15, 0.2) is 28.7 Å². The summed E-state index contributed by atoms with van der Waals surface area (Å²) in [5.41, 5.74) is 1.22. The van der Waals surface area contributed by atoms with Crippen molar-refractivity contribution in [3.63, 3.8) is 0 Å². The van der Waals surface area contributed by atoms with Gasteiger partial charge in [-0.15, -0.1) is 0 Å². The predicted octanol–water partition coefficient (Wildman–Crippen LogP) is 3.18. The normalized spacial score (nSPS) is 16.1. The zero-order valence-corrected chi connectivity index (χ0v) is 14.5. The number of hydrogen-bond acceptors (Lipinski definition) is 5. The van der Waals surface area contributed by atoms with E-state index in [0.29, 0.717) is 11.1 Å². The molecule has 0 bridgehead atoms. The SMILES string of the molecule is COCc1c(C(=O)O[C@@H](C)C(=O)NC2CCCC2)oc2ccccc12. The summed E-state index contributed by atoms with van der Waals surface area (Å²) in [6, 6.07) is 7.52. The first-order valence-electron chi connectivity index (χ1n) is 8.61. The molecule has 1 heterocycles. The molecule has 6 heteroatoms. The fraction of sp³-hybridized carbons (Fsp3) is 0.474. The van der Waals surface area contributed by atoms with Crippen molar-refractivity contribution in [2.24, 2.45) is 0 Å². The highest BCUT2D eigenvalue weighted by molar-refractivity contribution is 5.97. The van der Waals surface area contributed by atoms with Crippen LogP contribution < -0.4 is 5.32 Å². The zero-order valence-electron chi connectivity index (χ0n) is 14.5. The van der Waals surface area contributed by atoms with Crippen LogP contribution >= 0.6 is 0 Å². The molecule has 0 aliphatic heterocycles. The lowest BCUT2D eigenvalue weighted by Crippen LogP contribution is -2.40. The number of carbonyl (C=O) groups is 2. The van der Waals surface area contributed by atoms with Gasteiger partial charge in [-0.25, -0.2) is 4.79 Å². The van der Waals surface area contributed by atoms with Crippen LogP contribution in [0.25, 0.3) is 11.0 Å². The maximum absolute atomic E-state index is 12.5. The molecule has 1 aliphatic carbocycles. The van der Waals surface area contributed by atoms with Gasteiger partial charge in [-0.3, -0.25) is 4.79 Å². The van der Waals surface area contributed by atoms with Gasteiger partial charge in [-0.05, 0) is 25.8 Å². The van der Waals surface area contributed by atoms with Gasteiger partial charge in [-0.2, -0.15) is 0 Å². The van der Waals surface area contributed by atoms with Crippen LogP contribution in [-0.2, 0) is 20.9 Å². The fourth-order valence-electron chi connectivity index (χ4n) is 3.21. The first-order valence-corrected chi connectivity index (χ1v) is 8.61. The molecule has 1 fully saturated rings. The number of rotatable bonds is 6. The van der Waals surface area contributed by atoms with E-state index in [9.17, 15) is 9.59 Å². The van der Waals surface area contributed by atoms with Gasteiger partial charge >= 0.3 is 5.97 Å². The molecule has 0 radical (unpaired) electrons. The number of amides is 1. The molecular formula is C19H23NO5. The molecule has 1 N–H and O–H groups in total. The van der Waals surface area contributed by atoms with Gasteiger partial charge in [0.05, 0.1) is 6.61 Å². The van der Waals surface area contributed by atoms with E-state index >= 15 is 0 Å². The number of methoxy groups -OCH3 is 1. The van der Waals surface area contributed by atoms with Crippen LogP contribution in [0.5, 0.6) is 0 Å². The molecule has 6 nitrogen and oxygen atoms in total. The largest absolute Gasteiger partial charge is 0.449 e. The number of furan rings is 1. The van der Waals surface area contributed by atoms with Crippen LogP contribution in [-0.4, -0.2) is 31.1 Å². The van der Waals surface area contributed by atoms with Crippen LogP contribution in [0.1, 0.15) is 48.7 Å². The van der Waals surface area contributed by atoms with Crippen molar-refractivity contribution in [3.8, 4) is 0 Å². The quantitative estimate of drug-likeness (QED) is 0.814. The van der Waals surface area contributed by atoms with Gasteiger partial charge in [0, 0.05) is 24.1 Å². The average Bonchev–Trinajstić information content (AvgIpc) is 3.23. The van der Waals surface area contributed by atoms with Gasteiger partial charge in [0.2, 0.25) is 5.76 Å². The summed E-state index contributed by atoms with van der Waals surface area (Å²) in [6.07, 6.45) is 3.33. The molecule has 134 valence electrons.